The van der Waals surface area contributed by atoms with Crippen LogP contribution in [0.3, 0.4) is 0 Å². The van der Waals surface area contributed by atoms with Crippen LogP contribution in [0.25, 0.3) is 5.69 Å². The molecule has 0 aliphatic heterocycles. The fraction of sp³-hybridized carbons (Fsp3) is 0.333. The van der Waals surface area contributed by atoms with Crippen LogP contribution >= 0.6 is 0 Å². The molecule has 1 aromatic carbocycles. The summed E-state index contributed by atoms with van der Waals surface area (Å²) in [5, 5.41) is 13.3. The van der Waals surface area contributed by atoms with E-state index in [4.69, 9.17) is 5.26 Å². The van der Waals surface area contributed by atoms with Gasteiger partial charge in [-0.3, -0.25) is 0 Å². The van der Waals surface area contributed by atoms with Crippen molar-refractivity contribution in [2.75, 3.05) is 0 Å². The number of rotatable bonds is 3. The van der Waals surface area contributed by atoms with Gasteiger partial charge in [0.15, 0.2) is 0 Å². The van der Waals surface area contributed by atoms with E-state index in [0.717, 1.165) is 17.8 Å². The molecule has 0 spiro atoms. The molecule has 2 aromatic rings. The van der Waals surface area contributed by atoms with Crippen LogP contribution in [0.4, 0.5) is 0 Å². The zero-order chi connectivity index (χ0) is 13.1. The Morgan fingerprint density at radius 1 is 1.28 bits per heavy atom. The van der Waals surface area contributed by atoms with Gasteiger partial charge in [-0.15, -0.1) is 0 Å². The molecular formula is C15H17N3. The average Bonchev–Trinajstić information content (AvgIpc) is 2.81. The average molecular weight is 239 g/mol. The third-order valence-corrected chi connectivity index (χ3v) is 3.13. The minimum Gasteiger partial charge on any atom is -0.236 e. The number of nitriles is 1. The topological polar surface area (TPSA) is 41.6 Å². The largest absolute Gasteiger partial charge is 0.236 e. The molecule has 3 nitrogen and oxygen atoms in total. The fourth-order valence-electron chi connectivity index (χ4n) is 2.03. The Hall–Kier alpha value is -2.08. The maximum absolute atomic E-state index is 9.02. The van der Waals surface area contributed by atoms with Gasteiger partial charge in [0, 0.05) is 0 Å². The van der Waals surface area contributed by atoms with Crippen LogP contribution in [0.5, 0.6) is 0 Å². The third-order valence-electron chi connectivity index (χ3n) is 3.13. The number of aromatic nitrogens is 2. The summed E-state index contributed by atoms with van der Waals surface area (Å²) in [7, 11) is 0. The fourth-order valence-corrected chi connectivity index (χ4v) is 2.03. The molecule has 0 fully saturated rings. The van der Waals surface area contributed by atoms with E-state index in [1.54, 1.807) is 6.20 Å². The molecule has 0 radical (unpaired) electrons. The second kappa shape index (κ2) is 5.05. The van der Waals surface area contributed by atoms with Gasteiger partial charge in [-0.05, 0) is 30.0 Å². The summed E-state index contributed by atoms with van der Waals surface area (Å²) >= 11 is 0. The highest BCUT2D eigenvalue weighted by atomic mass is 15.3. The SMILES string of the molecule is CCc1c(C#N)cnn1-c1ccc(C(C)C)cc1. The highest BCUT2D eigenvalue weighted by Crippen LogP contribution is 2.19. The van der Waals surface area contributed by atoms with Gasteiger partial charge < -0.3 is 0 Å². The molecule has 0 N–H and O–H groups in total. The lowest BCUT2D eigenvalue weighted by Gasteiger charge is -2.09. The summed E-state index contributed by atoms with van der Waals surface area (Å²) in [4.78, 5) is 0. The van der Waals surface area contributed by atoms with E-state index in [9.17, 15) is 0 Å². The van der Waals surface area contributed by atoms with E-state index in [2.05, 4.69) is 49.3 Å². The lowest BCUT2D eigenvalue weighted by Crippen LogP contribution is -2.02. The van der Waals surface area contributed by atoms with E-state index in [-0.39, 0.29) is 0 Å². The minimum atomic E-state index is 0.525. The van der Waals surface area contributed by atoms with Gasteiger partial charge in [-0.25, -0.2) is 4.68 Å². The van der Waals surface area contributed by atoms with Crippen molar-refractivity contribution in [2.24, 2.45) is 0 Å². The Bertz CT molecular complexity index is 571. The highest BCUT2D eigenvalue weighted by molar-refractivity contribution is 5.41. The minimum absolute atomic E-state index is 0.525. The molecule has 0 aliphatic carbocycles. The highest BCUT2D eigenvalue weighted by Gasteiger charge is 2.10. The Morgan fingerprint density at radius 3 is 2.44 bits per heavy atom. The Balaban J connectivity index is 2.43. The second-order valence-corrected chi connectivity index (χ2v) is 4.63. The Morgan fingerprint density at radius 2 is 1.94 bits per heavy atom. The first kappa shape index (κ1) is 12.4. The third kappa shape index (κ3) is 2.14. The molecular weight excluding hydrogens is 222 g/mol. The molecule has 0 bridgehead atoms. The molecule has 0 saturated carbocycles. The van der Waals surface area contributed by atoms with Crippen molar-refractivity contribution < 1.29 is 0 Å². The normalized spacial score (nSPS) is 10.6. The molecule has 0 saturated heterocycles. The van der Waals surface area contributed by atoms with Crippen LogP contribution in [-0.4, -0.2) is 9.78 Å². The number of benzene rings is 1. The molecule has 92 valence electrons. The molecule has 0 aliphatic rings. The maximum Gasteiger partial charge on any atom is 0.103 e. The van der Waals surface area contributed by atoms with Crippen molar-refractivity contribution in [1.82, 2.24) is 9.78 Å². The molecule has 3 heteroatoms. The summed E-state index contributed by atoms with van der Waals surface area (Å²) in [6.45, 7) is 6.39. The summed E-state index contributed by atoms with van der Waals surface area (Å²) in [5.74, 6) is 0.525. The monoisotopic (exact) mass is 239 g/mol. The van der Waals surface area contributed by atoms with Gasteiger partial charge in [0.25, 0.3) is 0 Å². The van der Waals surface area contributed by atoms with Gasteiger partial charge in [0.05, 0.1) is 23.1 Å². The first-order valence-electron chi connectivity index (χ1n) is 6.24. The van der Waals surface area contributed by atoms with Gasteiger partial charge in [-0.2, -0.15) is 10.4 Å². The molecule has 0 amide bonds. The quantitative estimate of drug-likeness (QED) is 0.823. The molecule has 1 heterocycles. The van der Waals surface area contributed by atoms with Crippen molar-refractivity contribution in [3.63, 3.8) is 0 Å². The number of hydrogen-bond acceptors (Lipinski definition) is 2. The van der Waals surface area contributed by atoms with Crippen LogP contribution in [0.1, 0.15) is 43.5 Å². The molecule has 2 rings (SSSR count). The Kier molecular flexibility index (Phi) is 3.47. The van der Waals surface area contributed by atoms with Crippen molar-refractivity contribution in [3.05, 3.63) is 47.3 Å². The van der Waals surface area contributed by atoms with Crippen LogP contribution in [0, 0.1) is 11.3 Å². The smallest absolute Gasteiger partial charge is 0.103 e. The van der Waals surface area contributed by atoms with Crippen LogP contribution < -0.4 is 0 Å². The van der Waals surface area contributed by atoms with Crippen molar-refractivity contribution in [3.8, 4) is 11.8 Å². The lowest BCUT2D eigenvalue weighted by atomic mass is 10.0. The standard InChI is InChI=1S/C15H17N3/c1-4-15-13(9-16)10-17-18(15)14-7-5-12(6-8-14)11(2)3/h5-8,10-11H,4H2,1-3H3. The van der Waals surface area contributed by atoms with Crippen molar-refractivity contribution in [2.45, 2.75) is 33.1 Å². The van der Waals surface area contributed by atoms with E-state index in [1.807, 2.05) is 11.6 Å². The van der Waals surface area contributed by atoms with Crippen LogP contribution in [0.2, 0.25) is 0 Å². The molecule has 0 unspecified atom stereocenters. The summed E-state index contributed by atoms with van der Waals surface area (Å²) in [5.41, 5.74) is 3.95. The maximum atomic E-state index is 9.02. The van der Waals surface area contributed by atoms with Gasteiger partial charge in [0.2, 0.25) is 0 Å². The van der Waals surface area contributed by atoms with Crippen molar-refractivity contribution in [1.29, 1.82) is 5.26 Å². The van der Waals surface area contributed by atoms with Crippen LogP contribution in [0.15, 0.2) is 30.5 Å². The van der Waals surface area contributed by atoms with E-state index < -0.39 is 0 Å². The predicted molar refractivity (Wildman–Crippen MR) is 71.7 cm³/mol. The second-order valence-electron chi connectivity index (χ2n) is 4.63. The summed E-state index contributed by atoms with van der Waals surface area (Å²) in [6, 6.07) is 10.5. The van der Waals surface area contributed by atoms with Gasteiger partial charge >= 0.3 is 0 Å². The number of nitrogens with zero attached hydrogens (tertiary/aromatic N) is 3. The van der Waals surface area contributed by atoms with Crippen molar-refractivity contribution >= 4 is 0 Å². The van der Waals surface area contributed by atoms with Gasteiger partial charge in [-0.1, -0.05) is 32.9 Å². The molecule has 0 atom stereocenters. The van der Waals surface area contributed by atoms with Crippen LogP contribution in [-0.2, 0) is 6.42 Å². The summed E-state index contributed by atoms with van der Waals surface area (Å²) in [6.07, 6.45) is 2.43. The predicted octanol–water partition coefficient (Wildman–Crippen LogP) is 3.43. The number of hydrogen-bond donors (Lipinski definition) is 0. The molecule has 1 aromatic heterocycles. The van der Waals surface area contributed by atoms with E-state index >= 15 is 0 Å². The van der Waals surface area contributed by atoms with E-state index in [1.165, 1.54) is 5.56 Å². The Labute approximate surface area is 108 Å². The van der Waals surface area contributed by atoms with E-state index in [0.29, 0.717) is 11.5 Å². The zero-order valence-corrected chi connectivity index (χ0v) is 11.0. The molecule has 18 heavy (non-hydrogen) atoms. The first-order valence-corrected chi connectivity index (χ1v) is 6.24. The zero-order valence-electron chi connectivity index (χ0n) is 11.0. The summed E-state index contributed by atoms with van der Waals surface area (Å²) < 4.78 is 1.85. The van der Waals surface area contributed by atoms with Gasteiger partial charge in [0.1, 0.15) is 6.07 Å². The first-order chi connectivity index (χ1) is 8.67. The lowest BCUT2D eigenvalue weighted by molar-refractivity contribution is 0.809.